The monoisotopic (exact) mass is 700 g/mol. The van der Waals surface area contributed by atoms with Crippen molar-refractivity contribution in [3.8, 4) is 11.1 Å². The minimum atomic E-state index is -0.620. The number of aryl methyl sites for hydroxylation is 3. The molecule has 1 aliphatic rings. The van der Waals surface area contributed by atoms with E-state index in [1.807, 2.05) is 0 Å². The van der Waals surface area contributed by atoms with Crippen molar-refractivity contribution in [3.05, 3.63) is 131 Å². The molecule has 0 radical (unpaired) electrons. The van der Waals surface area contributed by atoms with Crippen LogP contribution in [0.15, 0.2) is 109 Å². The Morgan fingerprint density at radius 1 is 0.712 bits per heavy atom. The number of fused-ring (bicyclic) bond motifs is 1. The second kappa shape index (κ2) is 19.4. The van der Waals surface area contributed by atoms with Crippen LogP contribution in [0.1, 0.15) is 93.4 Å². The molecule has 1 saturated carbocycles. The number of carbonyl (C=O) groups is 2. The Balaban J connectivity index is 1.11. The summed E-state index contributed by atoms with van der Waals surface area (Å²) in [5.74, 6) is -0.223. The van der Waals surface area contributed by atoms with Crippen molar-refractivity contribution in [1.29, 1.82) is 0 Å². The fourth-order valence-electron chi connectivity index (χ4n) is 7.38. The highest BCUT2D eigenvalue weighted by Gasteiger charge is 2.27. The van der Waals surface area contributed by atoms with E-state index in [2.05, 4.69) is 105 Å². The summed E-state index contributed by atoms with van der Waals surface area (Å²) in [6, 6.07) is 32.0. The average molecular weight is 701 g/mol. The van der Waals surface area contributed by atoms with Crippen LogP contribution in [0.25, 0.3) is 21.9 Å². The Labute approximate surface area is 310 Å². The Hall–Kier alpha value is -4.48. The second-order valence-corrected chi connectivity index (χ2v) is 14.9. The number of ether oxygens (including phenoxy) is 2. The third-order valence-electron chi connectivity index (χ3n) is 10.7. The quantitative estimate of drug-likeness (QED) is 0.0635. The fourth-order valence-corrected chi connectivity index (χ4v) is 7.38. The predicted octanol–water partition coefficient (Wildman–Crippen LogP) is 10.5. The maximum absolute atomic E-state index is 12.1. The van der Waals surface area contributed by atoms with Gasteiger partial charge in [0.05, 0.1) is 25.4 Å². The van der Waals surface area contributed by atoms with E-state index >= 15 is 0 Å². The molecule has 4 aromatic rings. The molecule has 4 aromatic carbocycles. The van der Waals surface area contributed by atoms with Crippen molar-refractivity contribution in [3.63, 3.8) is 0 Å². The molecule has 1 aliphatic carbocycles. The number of unbranched alkanes of at least 4 members (excludes halogenated alkanes) is 2. The van der Waals surface area contributed by atoms with Crippen LogP contribution in [0.2, 0.25) is 0 Å². The summed E-state index contributed by atoms with van der Waals surface area (Å²) >= 11 is 0. The molecule has 0 aromatic heterocycles. The van der Waals surface area contributed by atoms with E-state index in [4.69, 9.17) is 9.47 Å². The molecule has 52 heavy (non-hydrogen) atoms. The van der Waals surface area contributed by atoms with Gasteiger partial charge in [-0.15, -0.1) is 0 Å². The minimum absolute atomic E-state index is 0.0147. The normalized spacial score (nSPS) is 16.3. The summed E-state index contributed by atoms with van der Waals surface area (Å²) in [6.45, 7) is 10.9. The molecule has 5 heteroatoms. The third-order valence-corrected chi connectivity index (χ3v) is 10.7. The highest BCUT2D eigenvalue weighted by Crippen LogP contribution is 2.39. The van der Waals surface area contributed by atoms with Gasteiger partial charge in [0.15, 0.2) is 0 Å². The zero-order valence-corrected chi connectivity index (χ0v) is 31.2. The highest BCUT2D eigenvalue weighted by atomic mass is 16.5. The molecule has 0 spiro atoms. The van der Waals surface area contributed by atoms with Crippen LogP contribution < -0.4 is 0 Å². The summed E-state index contributed by atoms with van der Waals surface area (Å²) in [6.07, 6.45) is 12.1. The molecule has 1 unspecified atom stereocenters. The smallest absolute Gasteiger partial charge is 0.335 e. The molecule has 0 saturated heterocycles. The lowest BCUT2D eigenvalue weighted by Crippen LogP contribution is -2.25. The van der Waals surface area contributed by atoms with Crippen LogP contribution in [0.3, 0.4) is 0 Å². The van der Waals surface area contributed by atoms with Crippen LogP contribution in [-0.4, -0.2) is 36.9 Å². The van der Waals surface area contributed by atoms with Crippen LogP contribution >= 0.6 is 0 Å². The number of hydrogen-bond donors (Lipinski definition) is 1. The number of aliphatic hydroxyl groups excluding tert-OH is 1. The summed E-state index contributed by atoms with van der Waals surface area (Å²) in [7, 11) is 0. The van der Waals surface area contributed by atoms with Gasteiger partial charge in [-0.05, 0) is 121 Å². The molecule has 0 heterocycles. The molecule has 1 fully saturated rings. The largest absolute Gasteiger partial charge is 0.462 e. The van der Waals surface area contributed by atoms with Crippen molar-refractivity contribution in [2.24, 2.45) is 11.8 Å². The van der Waals surface area contributed by atoms with Crippen molar-refractivity contribution < 1.29 is 24.2 Å². The van der Waals surface area contributed by atoms with Gasteiger partial charge < -0.3 is 14.6 Å². The van der Waals surface area contributed by atoms with Gasteiger partial charge in [-0.3, -0.25) is 0 Å². The second-order valence-electron chi connectivity index (χ2n) is 14.9. The number of esters is 2. The average Bonchev–Trinajstić information content (AvgIpc) is 3.18. The van der Waals surface area contributed by atoms with E-state index in [0.717, 1.165) is 44.9 Å². The van der Waals surface area contributed by atoms with E-state index in [1.165, 1.54) is 69.8 Å². The van der Waals surface area contributed by atoms with Gasteiger partial charge in [-0.1, -0.05) is 118 Å². The minimum Gasteiger partial charge on any atom is -0.462 e. The summed E-state index contributed by atoms with van der Waals surface area (Å²) in [4.78, 5) is 24.1. The first-order valence-corrected chi connectivity index (χ1v) is 19.2. The maximum Gasteiger partial charge on any atom is 0.335 e. The van der Waals surface area contributed by atoms with Crippen LogP contribution in [0.4, 0.5) is 0 Å². The molecule has 5 nitrogen and oxygen atoms in total. The van der Waals surface area contributed by atoms with Gasteiger partial charge >= 0.3 is 11.9 Å². The number of carbonyl (C=O) groups excluding carboxylic acids is 2. The van der Waals surface area contributed by atoms with Gasteiger partial charge in [0.1, 0.15) is 0 Å². The topological polar surface area (TPSA) is 72.8 Å². The van der Waals surface area contributed by atoms with Crippen molar-refractivity contribution >= 4 is 22.7 Å². The molecule has 1 atom stereocenters. The SMILES string of the molecule is C=C(C)C(=O)OCC(COC(=O)C(=C)CO)CC1CCC(c2ccc3cc(CCc4ccc(-c5ccc(CCCCC)cc5)cc4)ccc3c2)CC1. The molecule has 1 N–H and O–H groups in total. The third kappa shape index (κ3) is 11.3. The molecule has 0 aliphatic heterocycles. The first-order chi connectivity index (χ1) is 25.2. The molecular weight excluding hydrogens is 645 g/mol. The van der Waals surface area contributed by atoms with E-state index in [0.29, 0.717) is 17.4 Å². The fraction of sp³-hybridized carbons (Fsp3) is 0.404. The van der Waals surface area contributed by atoms with Gasteiger partial charge in [0, 0.05) is 11.5 Å². The number of benzene rings is 4. The Morgan fingerprint density at radius 2 is 1.27 bits per heavy atom. The highest BCUT2D eigenvalue weighted by molar-refractivity contribution is 5.88. The lowest BCUT2D eigenvalue weighted by molar-refractivity contribution is -0.144. The predicted molar refractivity (Wildman–Crippen MR) is 212 cm³/mol. The first kappa shape index (κ1) is 38.7. The zero-order chi connectivity index (χ0) is 36.9. The number of rotatable bonds is 18. The summed E-state index contributed by atoms with van der Waals surface area (Å²) < 4.78 is 10.8. The molecule has 0 bridgehead atoms. The van der Waals surface area contributed by atoms with E-state index in [9.17, 15) is 14.7 Å². The van der Waals surface area contributed by atoms with Gasteiger partial charge in [0.25, 0.3) is 0 Å². The van der Waals surface area contributed by atoms with Crippen molar-refractivity contribution in [2.45, 2.75) is 90.4 Å². The van der Waals surface area contributed by atoms with E-state index < -0.39 is 18.5 Å². The molecular formula is C47H56O5. The Morgan fingerprint density at radius 3 is 1.88 bits per heavy atom. The van der Waals surface area contributed by atoms with Gasteiger partial charge in [0.2, 0.25) is 0 Å². The Kier molecular flexibility index (Phi) is 14.4. The van der Waals surface area contributed by atoms with Crippen molar-refractivity contribution in [1.82, 2.24) is 0 Å². The summed E-state index contributed by atoms with van der Waals surface area (Å²) in [5, 5.41) is 11.8. The summed E-state index contributed by atoms with van der Waals surface area (Å²) in [5.41, 5.74) is 8.45. The van der Waals surface area contributed by atoms with Crippen LogP contribution in [0.5, 0.6) is 0 Å². The van der Waals surface area contributed by atoms with Crippen LogP contribution in [0, 0.1) is 11.8 Å². The standard InChI is InChI=1S/C47H56O5/c1-5-6-7-8-35-11-18-40(19-12-35)41-20-13-36(14-21-41)9-10-38-17-24-45-29-44(26-25-43(45)28-38)42-22-15-37(16-23-42)27-39(31-51-46(49)33(2)3)32-52-47(50)34(4)30-48/h11-14,17-21,24-26,28-29,37,39,42,48H,2,4-10,15-16,22-23,27,30-32H2,1,3H3. The van der Waals surface area contributed by atoms with Gasteiger partial charge in [-0.25, -0.2) is 9.59 Å². The molecule has 274 valence electrons. The van der Waals surface area contributed by atoms with Crippen LogP contribution in [-0.2, 0) is 38.3 Å². The lowest BCUT2D eigenvalue weighted by Gasteiger charge is -2.31. The number of aliphatic hydroxyl groups is 1. The zero-order valence-electron chi connectivity index (χ0n) is 31.2. The number of hydrogen-bond acceptors (Lipinski definition) is 5. The van der Waals surface area contributed by atoms with Crippen molar-refractivity contribution in [2.75, 3.05) is 19.8 Å². The van der Waals surface area contributed by atoms with E-state index in [1.54, 1.807) is 6.92 Å². The molecule has 0 amide bonds. The Bertz CT molecular complexity index is 1790. The first-order valence-electron chi connectivity index (χ1n) is 19.2. The van der Waals surface area contributed by atoms with E-state index in [-0.39, 0.29) is 24.7 Å². The maximum atomic E-state index is 12.1. The van der Waals surface area contributed by atoms with Gasteiger partial charge in [-0.2, -0.15) is 0 Å². The molecule has 5 rings (SSSR count). The lowest BCUT2D eigenvalue weighted by atomic mass is 9.75.